The second-order valence-corrected chi connectivity index (χ2v) is 2.70. The average molecular weight is 187 g/mol. The Morgan fingerprint density at radius 2 is 1.67 bits per heavy atom. The molecule has 0 atom stereocenters. The topological polar surface area (TPSA) is 20.2 Å². The summed E-state index contributed by atoms with van der Waals surface area (Å²) >= 11 is 5.58. The quantitative estimate of drug-likeness (QED) is 0.669. The smallest absolute Gasteiger partial charge is 0.0474 e. The van der Waals surface area contributed by atoms with Gasteiger partial charge in [-0.1, -0.05) is 29.8 Å². The molecular formula is C10H15ClO. The molecule has 0 bridgehead atoms. The molecule has 0 aliphatic carbocycles. The molecule has 0 spiro atoms. The highest BCUT2D eigenvalue weighted by Gasteiger charge is 1.86. The number of aliphatic hydroxyl groups is 1. The first-order chi connectivity index (χ1) is 5.74. The van der Waals surface area contributed by atoms with Crippen LogP contribution in [0.4, 0.5) is 0 Å². The fraction of sp³-hybridized carbons (Fsp3) is 0.400. The Morgan fingerprint density at radius 3 is 2.00 bits per heavy atom. The van der Waals surface area contributed by atoms with Crippen LogP contribution in [0.5, 0.6) is 0 Å². The Morgan fingerprint density at radius 1 is 1.25 bits per heavy atom. The van der Waals surface area contributed by atoms with Gasteiger partial charge in [0.15, 0.2) is 0 Å². The average Bonchev–Trinajstić information content (AvgIpc) is 2.07. The molecule has 1 aromatic rings. The van der Waals surface area contributed by atoms with Crippen molar-refractivity contribution in [2.75, 3.05) is 6.61 Å². The molecule has 68 valence electrons. The summed E-state index contributed by atoms with van der Waals surface area (Å²) < 4.78 is 0. The SMILES string of the molecule is CCO.Cc1ccc(CCl)cc1. The first-order valence-corrected chi connectivity index (χ1v) is 4.50. The Balaban J connectivity index is 0.000000354. The van der Waals surface area contributed by atoms with Crippen molar-refractivity contribution in [3.05, 3.63) is 35.4 Å². The van der Waals surface area contributed by atoms with E-state index in [4.69, 9.17) is 16.7 Å². The zero-order valence-electron chi connectivity index (χ0n) is 7.55. The predicted molar refractivity (Wildman–Crippen MR) is 53.5 cm³/mol. The van der Waals surface area contributed by atoms with E-state index in [9.17, 15) is 0 Å². The molecule has 0 heterocycles. The maximum Gasteiger partial charge on any atom is 0.0474 e. The maximum atomic E-state index is 7.57. The molecule has 0 aliphatic rings. The second kappa shape index (κ2) is 7.14. The predicted octanol–water partition coefficient (Wildman–Crippen LogP) is 2.73. The van der Waals surface area contributed by atoms with Crippen molar-refractivity contribution in [3.63, 3.8) is 0 Å². The van der Waals surface area contributed by atoms with Crippen LogP contribution in [0.1, 0.15) is 18.1 Å². The minimum absolute atomic E-state index is 0.250. The number of hydrogen-bond donors (Lipinski definition) is 1. The molecule has 1 rings (SSSR count). The van der Waals surface area contributed by atoms with E-state index in [1.807, 2.05) is 12.1 Å². The molecule has 0 saturated heterocycles. The number of halogens is 1. The Bertz CT molecular complexity index is 193. The number of alkyl halides is 1. The van der Waals surface area contributed by atoms with Crippen molar-refractivity contribution in [2.45, 2.75) is 19.7 Å². The van der Waals surface area contributed by atoms with E-state index in [0.29, 0.717) is 5.88 Å². The largest absolute Gasteiger partial charge is 0.397 e. The van der Waals surface area contributed by atoms with Crippen LogP contribution in [-0.2, 0) is 5.88 Å². The number of benzene rings is 1. The van der Waals surface area contributed by atoms with Gasteiger partial charge in [0.05, 0.1) is 0 Å². The third-order valence-corrected chi connectivity index (χ3v) is 1.58. The maximum absolute atomic E-state index is 7.57. The van der Waals surface area contributed by atoms with Crippen molar-refractivity contribution >= 4 is 11.6 Å². The number of aliphatic hydroxyl groups excluding tert-OH is 1. The molecule has 2 heteroatoms. The lowest BCUT2D eigenvalue weighted by Crippen LogP contribution is -1.75. The van der Waals surface area contributed by atoms with Gasteiger partial charge in [-0.3, -0.25) is 0 Å². The van der Waals surface area contributed by atoms with Crippen LogP contribution in [0, 0.1) is 6.92 Å². The van der Waals surface area contributed by atoms with Crippen molar-refractivity contribution in [3.8, 4) is 0 Å². The third kappa shape index (κ3) is 5.16. The lowest BCUT2D eigenvalue weighted by Gasteiger charge is -1.93. The van der Waals surface area contributed by atoms with E-state index in [2.05, 4.69) is 19.1 Å². The number of hydrogen-bond acceptors (Lipinski definition) is 1. The number of aryl methyl sites for hydroxylation is 1. The van der Waals surface area contributed by atoms with Crippen molar-refractivity contribution < 1.29 is 5.11 Å². The molecule has 0 radical (unpaired) electrons. The van der Waals surface area contributed by atoms with Gasteiger partial charge >= 0.3 is 0 Å². The highest BCUT2D eigenvalue weighted by atomic mass is 35.5. The first-order valence-electron chi connectivity index (χ1n) is 3.97. The summed E-state index contributed by atoms with van der Waals surface area (Å²) in [5, 5.41) is 7.57. The van der Waals surface area contributed by atoms with Gasteiger partial charge in [-0.2, -0.15) is 0 Å². The van der Waals surface area contributed by atoms with Crippen LogP contribution in [0.15, 0.2) is 24.3 Å². The van der Waals surface area contributed by atoms with E-state index < -0.39 is 0 Å². The zero-order chi connectivity index (χ0) is 9.40. The molecule has 12 heavy (non-hydrogen) atoms. The Hall–Kier alpha value is -0.530. The lowest BCUT2D eigenvalue weighted by molar-refractivity contribution is 0.318. The molecule has 1 aromatic carbocycles. The Labute approximate surface area is 79.0 Å². The van der Waals surface area contributed by atoms with Gasteiger partial charge in [0.1, 0.15) is 0 Å². The van der Waals surface area contributed by atoms with Gasteiger partial charge in [0.2, 0.25) is 0 Å². The Kier molecular flexibility index (Phi) is 6.82. The summed E-state index contributed by atoms with van der Waals surface area (Å²) in [6, 6.07) is 8.22. The second-order valence-electron chi connectivity index (χ2n) is 2.44. The van der Waals surface area contributed by atoms with Crippen LogP contribution < -0.4 is 0 Å². The molecule has 0 aliphatic heterocycles. The summed E-state index contributed by atoms with van der Waals surface area (Å²) in [7, 11) is 0. The normalized spacial score (nSPS) is 8.67. The summed E-state index contributed by atoms with van der Waals surface area (Å²) in [5.41, 5.74) is 2.46. The fourth-order valence-corrected chi connectivity index (χ4v) is 0.855. The molecule has 1 nitrogen and oxygen atoms in total. The van der Waals surface area contributed by atoms with Gasteiger partial charge in [0, 0.05) is 12.5 Å². The molecule has 1 N–H and O–H groups in total. The van der Waals surface area contributed by atoms with E-state index in [1.165, 1.54) is 11.1 Å². The standard InChI is InChI=1S/C8H9Cl.C2H6O/c1-7-2-4-8(6-9)5-3-7;1-2-3/h2-5H,6H2,1H3;3H,2H2,1H3. The summed E-state index contributed by atoms with van der Waals surface area (Å²) in [6.45, 7) is 4.00. The molecule has 0 amide bonds. The monoisotopic (exact) mass is 186 g/mol. The van der Waals surface area contributed by atoms with Crippen molar-refractivity contribution in [1.82, 2.24) is 0 Å². The number of rotatable bonds is 1. The summed E-state index contributed by atoms with van der Waals surface area (Å²) in [4.78, 5) is 0. The third-order valence-electron chi connectivity index (χ3n) is 1.27. The van der Waals surface area contributed by atoms with E-state index in [0.717, 1.165) is 0 Å². The fourth-order valence-electron chi connectivity index (χ4n) is 0.677. The molecular weight excluding hydrogens is 172 g/mol. The highest BCUT2D eigenvalue weighted by Crippen LogP contribution is 2.04. The van der Waals surface area contributed by atoms with Crippen LogP contribution in [-0.4, -0.2) is 11.7 Å². The van der Waals surface area contributed by atoms with Crippen LogP contribution in [0.2, 0.25) is 0 Å². The summed E-state index contributed by atoms with van der Waals surface area (Å²) in [5.74, 6) is 0.611. The van der Waals surface area contributed by atoms with Gasteiger partial charge in [-0.25, -0.2) is 0 Å². The minimum atomic E-state index is 0.250. The van der Waals surface area contributed by atoms with Crippen LogP contribution >= 0.6 is 11.6 Å². The van der Waals surface area contributed by atoms with Gasteiger partial charge in [0.25, 0.3) is 0 Å². The highest BCUT2D eigenvalue weighted by molar-refractivity contribution is 6.17. The van der Waals surface area contributed by atoms with Crippen LogP contribution in [0.3, 0.4) is 0 Å². The molecule has 0 saturated carbocycles. The van der Waals surface area contributed by atoms with Crippen molar-refractivity contribution in [1.29, 1.82) is 0 Å². The lowest BCUT2D eigenvalue weighted by atomic mass is 10.2. The van der Waals surface area contributed by atoms with Crippen LogP contribution in [0.25, 0.3) is 0 Å². The van der Waals surface area contributed by atoms with E-state index in [-0.39, 0.29) is 6.61 Å². The van der Waals surface area contributed by atoms with Gasteiger partial charge in [-0.15, -0.1) is 11.6 Å². The first kappa shape index (κ1) is 11.5. The van der Waals surface area contributed by atoms with Crippen molar-refractivity contribution in [2.24, 2.45) is 0 Å². The summed E-state index contributed by atoms with van der Waals surface area (Å²) in [6.07, 6.45) is 0. The van der Waals surface area contributed by atoms with Gasteiger partial charge < -0.3 is 5.11 Å². The zero-order valence-corrected chi connectivity index (χ0v) is 8.30. The van der Waals surface area contributed by atoms with E-state index in [1.54, 1.807) is 6.92 Å². The molecule has 0 aromatic heterocycles. The minimum Gasteiger partial charge on any atom is -0.397 e. The molecule has 0 unspecified atom stereocenters. The molecule has 0 fully saturated rings. The van der Waals surface area contributed by atoms with Gasteiger partial charge in [-0.05, 0) is 19.4 Å². The van der Waals surface area contributed by atoms with E-state index >= 15 is 0 Å².